The molecule has 3 heteroatoms. The van der Waals surface area contributed by atoms with Crippen LogP contribution in [0.1, 0.15) is 25.3 Å². The zero-order valence-corrected chi connectivity index (χ0v) is 11.4. The molecule has 18 heavy (non-hydrogen) atoms. The van der Waals surface area contributed by atoms with Crippen molar-refractivity contribution in [2.24, 2.45) is 5.73 Å². The molecule has 1 fully saturated rings. The predicted octanol–water partition coefficient (Wildman–Crippen LogP) is 2.05. The molecule has 0 bridgehead atoms. The van der Waals surface area contributed by atoms with Gasteiger partial charge in [-0.1, -0.05) is 12.1 Å². The standard InChI is InChI=1S/C15H24N2O/c1-12(16)10-13-4-3-5-15(11-13)18-14-6-8-17(2)9-7-14/h3-5,11-12,14H,6-10,16H2,1-2H3. The predicted molar refractivity (Wildman–Crippen MR) is 74.9 cm³/mol. The molecule has 0 saturated carbocycles. The van der Waals surface area contributed by atoms with Crippen molar-refractivity contribution >= 4 is 0 Å². The van der Waals surface area contributed by atoms with Gasteiger partial charge < -0.3 is 15.4 Å². The van der Waals surface area contributed by atoms with Gasteiger partial charge in [-0.15, -0.1) is 0 Å². The third kappa shape index (κ3) is 4.00. The quantitative estimate of drug-likeness (QED) is 0.886. The summed E-state index contributed by atoms with van der Waals surface area (Å²) in [6, 6.07) is 8.54. The lowest BCUT2D eigenvalue weighted by molar-refractivity contribution is 0.114. The summed E-state index contributed by atoms with van der Waals surface area (Å²) in [7, 11) is 2.17. The van der Waals surface area contributed by atoms with Crippen LogP contribution < -0.4 is 10.5 Å². The highest BCUT2D eigenvalue weighted by Crippen LogP contribution is 2.20. The largest absolute Gasteiger partial charge is 0.490 e. The van der Waals surface area contributed by atoms with Crippen molar-refractivity contribution < 1.29 is 4.74 Å². The number of likely N-dealkylation sites (tertiary alicyclic amines) is 1. The van der Waals surface area contributed by atoms with E-state index in [1.165, 1.54) is 5.56 Å². The van der Waals surface area contributed by atoms with Gasteiger partial charge in [0.05, 0.1) is 0 Å². The van der Waals surface area contributed by atoms with Crippen molar-refractivity contribution in [3.8, 4) is 5.75 Å². The number of rotatable bonds is 4. The summed E-state index contributed by atoms with van der Waals surface area (Å²) in [5.74, 6) is 0.989. The maximum absolute atomic E-state index is 6.06. The Balaban J connectivity index is 1.92. The molecule has 0 spiro atoms. The number of hydrogen-bond acceptors (Lipinski definition) is 3. The molecule has 0 amide bonds. The zero-order chi connectivity index (χ0) is 13.0. The third-order valence-electron chi connectivity index (χ3n) is 3.42. The smallest absolute Gasteiger partial charge is 0.119 e. The Bertz CT molecular complexity index is 371. The summed E-state index contributed by atoms with van der Waals surface area (Å²) in [4.78, 5) is 2.35. The van der Waals surface area contributed by atoms with Crippen LogP contribution in [-0.2, 0) is 6.42 Å². The maximum Gasteiger partial charge on any atom is 0.119 e. The monoisotopic (exact) mass is 248 g/mol. The van der Waals surface area contributed by atoms with Crippen LogP contribution in [0.15, 0.2) is 24.3 Å². The molecule has 100 valence electrons. The summed E-state index contributed by atoms with van der Waals surface area (Å²) in [6.07, 6.45) is 3.51. The first kappa shape index (κ1) is 13.4. The summed E-state index contributed by atoms with van der Waals surface area (Å²) in [5, 5.41) is 0. The van der Waals surface area contributed by atoms with E-state index in [0.717, 1.165) is 38.1 Å². The van der Waals surface area contributed by atoms with Gasteiger partial charge >= 0.3 is 0 Å². The number of nitrogens with two attached hydrogens (primary N) is 1. The fourth-order valence-electron chi connectivity index (χ4n) is 2.41. The molecule has 1 aromatic rings. The Morgan fingerprint density at radius 3 is 2.78 bits per heavy atom. The molecule has 1 aliphatic heterocycles. The summed E-state index contributed by atoms with van der Waals surface area (Å²) in [5.41, 5.74) is 7.09. The lowest BCUT2D eigenvalue weighted by atomic mass is 10.1. The summed E-state index contributed by atoms with van der Waals surface area (Å²) < 4.78 is 6.06. The normalized spacial score (nSPS) is 19.7. The fourth-order valence-corrected chi connectivity index (χ4v) is 2.41. The molecule has 1 aromatic carbocycles. The van der Waals surface area contributed by atoms with Gasteiger partial charge in [0.25, 0.3) is 0 Å². The highest BCUT2D eigenvalue weighted by atomic mass is 16.5. The summed E-state index contributed by atoms with van der Waals surface area (Å²) >= 11 is 0. The van der Waals surface area contributed by atoms with E-state index in [-0.39, 0.29) is 6.04 Å². The Morgan fingerprint density at radius 2 is 2.11 bits per heavy atom. The minimum atomic E-state index is 0.198. The molecule has 2 N–H and O–H groups in total. The van der Waals surface area contributed by atoms with Crippen LogP contribution in [-0.4, -0.2) is 37.2 Å². The van der Waals surface area contributed by atoms with Crippen LogP contribution in [0, 0.1) is 0 Å². The topological polar surface area (TPSA) is 38.5 Å². The molecular weight excluding hydrogens is 224 g/mol. The van der Waals surface area contributed by atoms with Crippen molar-refractivity contribution in [1.29, 1.82) is 0 Å². The number of ether oxygens (including phenoxy) is 1. The van der Waals surface area contributed by atoms with E-state index < -0.39 is 0 Å². The van der Waals surface area contributed by atoms with E-state index in [2.05, 4.69) is 30.1 Å². The number of benzene rings is 1. The summed E-state index contributed by atoms with van der Waals surface area (Å²) in [6.45, 7) is 4.29. The molecule has 0 radical (unpaired) electrons. The molecular formula is C15H24N2O. The van der Waals surface area contributed by atoms with Gasteiger partial charge in [0.1, 0.15) is 11.9 Å². The van der Waals surface area contributed by atoms with Gasteiger partial charge in [-0.05, 0) is 50.9 Å². The van der Waals surface area contributed by atoms with E-state index in [9.17, 15) is 0 Å². The molecule has 1 saturated heterocycles. The molecule has 1 atom stereocenters. The Hall–Kier alpha value is -1.06. The molecule has 0 aliphatic carbocycles. The average Bonchev–Trinajstić information content (AvgIpc) is 2.32. The zero-order valence-electron chi connectivity index (χ0n) is 11.4. The van der Waals surface area contributed by atoms with E-state index in [4.69, 9.17) is 10.5 Å². The number of piperidine rings is 1. The Kier molecular flexibility index (Phi) is 4.61. The van der Waals surface area contributed by atoms with Gasteiger partial charge in [0.2, 0.25) is 0 Å². The second-order valence-corrected chi connectivity index (χ2v) is 5.45. The molecule has 3 nitrogen and oxygen atoms in total. The minimum absolute atomic E-state index is 0.198. The van der Waals surface area contributed by atoms with Gasteiger partial charge in [-0.3, -0.25) is 0 Å². The first-order valence-electron chi connectivity index (χ1n) is 6.83. The highest BCUT2D eigenvalue weighted by molar-refractivity contribution is 5.29. The van der Waals surface area contributed by atoms with Crippen molar-refractivity contribution in [2.45, 2.75) is 38.3 Å². The maximum atomic E-state index is 6.06. The molecule has 0 aromatic heterocycles. The minimum Gasteiger partial charge on any atom is -0.490 e. The number of hydrogen-bond donors (Lipinski definition) is 1. The second-order valence-electron chi connectivity index (χ2n) is 5.45. The van der Waals surface area contributed by atoms with E-state index >= 15 is 0 Å². The fraction of sp³-hybridized carbons (Fsp3) is 0.600. The van der Waals surface area contributed by atoms with E-state index in [1.54, 1.807) is 0 Å². The first-order valence-corrected chi connectivity index (χ1v) is 6.83. The highest BCUT2D eigenvalue weighted by Gasteiger charge is 2.17. The van der Waals surface area contributed by atoms with Crippen LogP contribution in [0.4, 0.5) is 0 Å². The van der Waals surface area contributed by atoms with Crippen molar-refractivity contribution in [3.63, 3.8) is 0 Å². The Morgan fingerprint density at radius 1 is 1.39 bits per heavy atom. The van der Waals surface area contributed by atoms with Gasteiger partial charge in [-0.25, -0.2) is 0 Å². The average molecular weight is 248 g/mol. The van der Waals surface area contributed by atoms with Crippen molar-refractivity contribution in [2.75, 3.05) is 20.1 Å². The van der Waals surface area contributed by atoms with Crippen molar-refractivity contribution in [3.05, 3.63) is 29.8 Å². The van der Waals surface area contributed by atoms with Crippen molar-refractivity contribution in [1.82, 2.24) is 4.90 Å². The van der Waals surface area contributed by atoms with E-state index in [1.807, 2.05) is 13.0 Å². The SMILES string of the molecule is CC(N)Cc1cccc(OC2CCN(C)CC2)c1. The first-order chi connectivity index (χ1) is 8.63. The van der Waals surface area contributed by atoms with Crippen LogP contribution >= 0.6 is 0 Å². The molecule has 1 unspecified atom stereocenters. The van der Waals surface area contributed by atoms with Crippen LogP contribution in [0.25, 0.3) is 0 Å². The second kappa shape index (κ2) is 6.21. The van der Waals surface area contributed by atoms with Crippen LogP contribution in [0.2, 0.25) is 0 Å². The van der Waals surface area contributed by atoms with Gasteiger partial charge in [-0.2, -0.15) is 0 Å². The van der Waals surface area contributed by atoms with Gasteiger partial charge in [0, 0.05) is 19.1 Å². The molecule has 1 aliphatic rings. The third-order valence-corrected chi connectivity index (χ3v) is 3.42. The lowest BCUT2D eigenvalue weighted by Crippen LogP contribution is -2.35. The van der Waals surface area contributed by atoms with Crippen LogP contribution in [0.3, 0.4) is 0 Å². The van der Waals surface area contributed by atoms with E-state index in [0.29, 0.717) is 6.10 Å². The molecule has 1 heterocycles. The lowest BCUT2D eigenvalue weighted by Gasteiger charge is -2.29. The Labute approximate surface area is 110 Å². The van der Waals surface area contributed by atoms with Gasteiger partial charge in [0.15, 0.2) is 0 Å². The van der Waals surface area contributed by atoms with Crippen LogP contribution in [0.5, 0.6) is 5.75 Å². The number of nitrogens with zero attached hydrogens (tertiary/aromatic N) is 1. The molecule has 2 rings (SSSR count).